The fraction of sp³-hybridized carbons (Fsp3) is 0.360. The van der Waals surface area contributed by atoms with E-state index in [1.165, 1.54) is 23.5 Å². The number of thiophene rings is 1. The van der Waals surface area contributed by atoms with Gasteiger partial charge >= 0.3 is 6.36 Å². The molecule has 4 aromatic rings. The van der Waals surface area contributed by atoms with Crippen LogP contribution in [0.2, 0.25) is 0 Å². The summed E-state index contributed by atoms with van der Waals surface area (Å²) >= 11 is 1.48. The first-order chi connectivity index (χ1) is 16.9. The topological polar surface area (TPSA) is 58.4 Å². The Morgan fingerprint density at radius 2 is 1.77 bits per heavy atom. The van der Waals surface area contributed by atoms with Gasteiger partial charge in [0.1, 0.15) is 17.2 Å². The summed E-state index contributed by atoms with van der Waals surface area (Å²) in [6.45, 7) is 1.45. The van der Waals surface area contributed by atoms with E-state index in [2.05, 4.69) is 9.72 Å². The molecule has 6 rings (SSSR count). The van der Waals surface area contributed by atoms with E-state index in [0.717, 1.165) is 71.0 Å². The normalized spacial score (nSPS) is 17.1. The highest BCUT2D eigenvalue weighted by Gasteiger charge is 2.31. The summed E-state index contributed by atoms with van der Waals surface area (Å²) in [5.74, 6) is 1.50. The Morgan fingerprint density at radius 3 is 2.49 bits per heavy atom. The number of halogens is 3. The third-order valence-corrected chi connectivity index (χ3v) is 7.41. The fourth-order valence-corrected chi connectivity index (χ4v) is 5.40. The Bertz CT molecular complexity index is 1340. The van der Waals surface area contributed by atoms with E-state index in [4.69, 9.17) is 14.6 Å². The number of rotatable bonds is 6. The van der Waals surface area contributed by atoms with Crippen molar-refractivity contribution in [2.75, 3.05) is 13.2 Å². The Kier molecular flexibility index (Phi) is 5.64. The molecule has 1 saturated heterocycles. The van der Waals surface area contributed by atoms with Gasteiger partial charge in [0.2, 0.25) is 0 Å². The maximum atomic E-state index is 12.5. The van der Waals surface area contributed by atoms with Crippen LogP contribution < -0.4 is 9.47 Å². The monoisotopic (exact) mass is 501 g/mol. The second-order valence-corrected chi connectivity index (χ2v) is 9.84. The Labute approximate surface area is 203 Å². The SMILES string of the molecule is FC(F)(F)Oc1ccc(-c2cc3nccc(Oc4cn(C5CC5)nc4C4CCOCC4)c3s2)cc1. The van der Waals surface area contributed by atoms with Crippen molar-refractivity contribution >= 4 is 21.6 Å². The maximum Gasteiger partial charge on any atom is 0.573 e. The smallest absolute Gasteiger partial charge is 0.452 e. The minimum Gasteiger partial charge on any atom is -0.452 e. The molecule has 1 saturated carbocycles. The van der Waals surface area contributed by atoms with Crippen LogP contribution in [0.3, 0.4) is 0 Å². The molecule has 0 spiro atoms. The van der Waals surface area contributed by atoms with E-state index in [0.29, 0.717) is 17.7 Å². The standard InChI is InChI=1S/C25H22F3N3O3S/c26-25(27,28)34-18-5-1-15(2-6-18)22-13-19-24(35-22)20(7-10-29-19)33-21-14-31(17-3-4-17)30-23(21)16-8-11-32-12-9-16/h1-2,5-7,10,13-14,16-17H,3-4,8-9,11-12H2. The fourth-order valence-electron chi connectivity index (χ4n) is 4.32. The third-order valence-electron chi connectivity index (χ3n) is 6.22. The molecule has 0 N–H and O–H groups in total. The summed E-state index contributed by atoms with van der Waals surface area (Å²) in [6.07, 6.45) is 3.09. The van der Waals surface area contributed by atoms with Crippen LogP contribution in [0.4, 0.5) is 13.2 Å². The van der Waals surface area contributed by atoms with Crippen LogP contribution >= 0.6 is 11.3 Å². The summed E-state index contributed by atoms with van der Waals surface area (Å²) in [5.41, 5.74) is 2.51. The molecular weight excluding hydrogens is 479 g/mol. The molecule has 6 nitrogen and oxygen atoms in total. The predicted octanol–water partition coefficient (Wildman–Crippen LogP) is 7.08. The average molecular weight is 502 g/mol. The molecule has 35 heavy (non-hydrogen) atoms. The van der Waals surface area contributed by atoms with Crippen LogP contribution in [0.25, 0.3) is 20.7 Å². The number of alkyl halides is 3. The van der Waals surface area contributed by atoms with Gasteiger partial charge in [-0.05, 0) is 61.6 Å². The van der Waals surface area contributed by atoms with Gasteiger partial charge in [-0.2, -0.15) is 5.10 Å². The molecule has 10 heteroatoms. The molecule has 2 aliphatic rings. The quantitative estimate of drug-likeness (QED) is 0.283. The first-order valence-electron chi connectivity index (χ1n) is 11.5. The van der Waals surface area contributed by atoms with Crippen molar-refractivity contribution in [3.05, 3.63) is 54.5 Å². The highest BCUT2D eigenvalue weighted by atomic mass is 32.1. The average Bonchev–Trinajstić information content (AvgIpc) is 3.46. The largest absolute Gasteiger partial charge is 0.573 e. The lowest BCUT2D eigenvalue weighted by molar-refractivity contribution is -0.274. The number of pyridine rings is 1. The number of fused-ring (bicyclic) bond motifs is 1. The number of benzene rings is 1. The number of hydrogen-bond acceptors (Lipinski definition) is 6. The number of ether oxygens (including phenoxy) is 3. The second-order valence-electron chi connectivity index (χ2n) is 8.78. The van der Waals surface area contributed by atoms with Gasteiger partial charge in [-0.3, -0.25) is 9.67 Å². The van der Waals surface area contributed by atoms with Crippen molar-refractivity contribution in [1.82, 2.24) is 14.8 Å². The molecule has 1 aliphatic carbocycles. The van der Waals surface area contributed by atoms with Crippen LogP contribution in [0, 0.1) is 0 Å². The summed E-state index contributed by atoms with van der Waals surface area (Å²) in [5, 5.41) is 4.89. The molecule has 0 unspecified atom stereocenters. The van der Waals surface area contributed by atoms with Crippen LogP contribution in [-0.2, 0) is 4.74 Å². The lowest BCUT2D eigenvalue weighted by Gasteiger charge is -2.21. The van der Waals surface area contributed by atoms with Crippen molar-refractivity contribution < 1.29 is 27.4 Å². The lowest BCUT2D eigenvalue weighted by Crippen LogP contribution is -2.16. The maximum absolute atomic E-state index is 12.5. The molecule has 3 aromatic heterocycles. The van der Waals surface area contributed by atoms with Gasteiger partial charge in [0.25, 0.3) is 0 Å². The van der Waals surface area contributed by atoms with E-state index in [-0.39, 0.29) is 5.75 Å². The minimum atomic E-state index is -4.72. The molecule has 0 amide bonds. The van der Waals surface area contributed by atoms with E-state index >= 15 is 0 Å². The summed E-state index contributed by atoms with van der Waals surface area (Å²) < 4.78 is 56.3. The van der Waals surface area contributed by atoms with E-state index in [9.17, 15) is 13.2 Å². The molecule has 0 atom stereocenters. The molecule has 182 valence electrons. The van der Waals surface area contributed by atoms with Gasteiger partial charge in [0.05, 0.1) is 22.5 Å². The predicted molar refractivity (Wildman–Crippen MR) is 125 cm³/mol. The van der Waals surface area contributed by atoms with E-state index in [1.54, 1.807) is 18.3 Å². The Morgan fingerprint density at radius 1 is 1.00 bits per heavy atom. The van der Waals surface area contributed by atoms with E-state index in [1.807, 2.05) is 23.0 Å². The molecule has 1 aromatic carbocycles. The first kappa shape index (κ1) is 22.4. The van der Waals surface area contributed by atoms with Gasteiger partial charge in [-0.25, -0.2) is 0 Å². The van der Waals surface area contributed by atoms with Crippen LogP contribution in [0.15, 0.2) is 48.8 Å². The van der Waals surface area contributed by atoms with E-state index < -0.39 is 6.36 Å². The number of hydrogen-bond donors (Lipinski definition) is 0. The molecular formula is C25H22F3N3O3S. The third kappa shape index (κ3) is 4.85. The van der Waals surface area contributed by atoms with Gasteiger partial charge in [-0.1, -0.05) is 0 Å². The molecule has 2 fully saturated rings. The number of nitrogens with zero attached hydrogens (tertiary/aromatic N) is 3. The van der Waals surface area contributed by atoms with Crippen molar-refractivity contribution in [1.29, 1.82) is 0 Å². The Hall–Kier alpha value is -3.11. The van der Waals surface area contributed by atoms with Crippen molar-refractivity contribution in [2.45, 2.75) is 44.0 Å². The van der Waals surface area contributed by atoms with Crippen molar-refractivity contribution in [2.24, 2.45) is 0 Å². The van der Waals surface area contributed by atoms with Gasteiger partial charge in [0.15, 0.2) is 5.75 Å². The lowest BCUT2D eigenvalue weighted by atomic mass is 9.96. The number of aromatic nitrogens is 3. The van der Waals surface area contributed by atoms with Crippen LogP contribution in [0.5, 0.6) is 17.2 Å². The second kappa shape index (κ2) is 8.83. The van der Waals surface area contributed by atoms with Gasteiger partial charge in [-0.15, -0.1) is 24.5 Å². The highest BCUT2D eigenvalue weighted by molar-refractivity contribution is 7.22. The molecule has 4 heterocycles. The van der Waals surface area contributed by atoms with Crippen LogP contribution in [-0.4, -0.2) is 34.3 Å². The summed E-state index contributed by atoms with van der Waals surface area (Å²) in [7, 11) is 0. The zero-order valence-corrected chi connectivity index (χ0v) is 19.4. The minimum absolute atomic E-state index is 0.252. The Balaban J connectivity index is 1.30. The van der Waals surface area contributed by atoms with Crippen molar-refractivity contribution in [3.8, 4) is 27.7 Å². The zero-order valence-electron chi connectivity index (χ0n) is 18.6. The molecule has 0 bridgehead atoms. The van der Waals surface area contributed by atoms with Gasteiger partial charge in [0, 0.05) is 36.3 Å². The van der Waals surface area contributed by atoms with Crippen LogP contribution in [0.1, 0.15) is 43.3 Å². The van der Waals surface area contributed by atoms with Crippen molar-refractivity contribution in [3.63, 3.8) is 0 Å². The van der Waals surface area contributed by atoms with Gasteiger partial charge < -0.3 is 14.2 Å². The highest BCUT2D eigenvalue weighted by Crippen LogP contribution is 2.43. The zero-order chi connectivity index (χ0) is 24.0. The molecule has 0 radical (unpaired) electrons. The first-order valence-corrected chi connectivity index (χ1v) is 12.3. The summed E-state index contributed by atoms with van der Waals surface area (Å²) in [4.78, 5) is 5.35. The molecule has 1 aliphatic heterocycles. The summed E-state index contributed by atoms with van der Waals surface area (Å²) in [6, 6.07) is 10.0.